The summed E-state index contributed by atoms with van der Waals surface area (Å²) in [6.45, 7) is 0.00331. The van der Waals surface area contributed by atoms with Crippen molar-refractivity contribution >= 4 is 21.9 Å². The van der Waals surface area contributed by atoms with Crippen molar-refractivity contribution in [1.29, 1.82) is 0 Å². The van der Waals surface area contributed by atoms with Crippen LogP contribution in [-0.4, -0.2) is 44.6 Å². The zero-order valence-corrected chi connectivity index (χ0v) is 16.8. The minimum absolute atomic E-state index is 0.00331. The molecule has 0 radical (unpaired) electrons. The summed E-state index contributed by atoms with van der Waals surface area (Å²) >= 11 is 0. The molecule has 1 aromatic rings. The molecule has 1 fully saturated rings. The van der Waals surface area contributed by atoms with Crippen LogP contribution in [0.3, 0.4) is 0 Å². The van der Waals surface area contributed by atoms with E-state index in [1.807, 2.05) is 0 Å². The molecule has 1 saturated carbocycles. The first kappa shape index (κ1) is 21.4. The summed E-state index contributed by atoms with van der Waals surface area (Å²) in [5.74, 6) is -0.760. The smallest absolute Gasteiger partial charge is 0.354 e. The molecule has 0 bridgehead atoms. The number of methoxy groups -OCH3 is 1. The second kappa shape index (κ2) is 9.89. The molecule has 1 aromatic heterocycles. The summed E-state index contributed by atoms with van der Waals surface area (Å²) in [7, 11) is -1.01. The molecule has 8 nitrogen and oxygen atoms in total. The number of aromatic nitrogens is 1. The predicted octanol–water partition coefficient (Wildman–Crippen LogP) is 1.71. The molecule has 0 aliphatic heterocycles. The fourth-order valence-corrected chi connectivity index (χ4v) is 4.37. The highest BCUT2D eigenvalue weighted by Crippen LogP contribution is 2.17. The molecule has 152 valence electrons. The molecular formula is C18H29N3O5S. The van der Waals surface area contributed by atoms with E-state index in [0.29, 0.717) is 0 Å². The van der Waals surface area contributed by atoms with Crippen LogP contribution in [0, 0.1) is 0 Å². The van der Waals surface area contributed by atoms with Gasteiger partial charge < -0.3 is 14.6 Å². The molecule has 1 aliphatic rings. The first-order valence-electron chi connectivity index (χ1n) is 9.37. The fourth-order valence-electron chi connectivity index (χ4n) is 3.27. The van der Waals surface area contributed by atoms with E-state index in [1.165, 1.54) is 43.2 Å². The van der Waals surface area contributed by atoms with Crippen molar-refractivity contribution in [3.63, 3.8) is 0 Å². The number of sulfonamides is 1. The lowest BCUT2D eigenvalue weighted by molar-refractivity contribution is -0.121. The summed E-state index contributed by atoms with van der Waals surface area (Å²) in [6, 6.07) is 1.44. The molecule has 1 heterocycles. The molecule has 0 saturated heterocycles. The van der Waals surface area contributed by atoms with Crippen LogP contribution in [0.25, 0.3) is 0 Å². The van der Waals surface area contributed by atoms with E-state index in [4.69, 9.17) is 0 Å². The Balaban J connectivity index is 1.84. The van der Waals surface area contributed by atoms with Crippen molar-refractivity contribution < 1.29 is 22.7 Å². The molecule has 0 aromatic carbocycles. The third-order valence-corrected chi connectivity index (χ3v) is 6.23. The minimum Gasteiger partial charge on any atom is -0.464 e. The Morgan fingerprint density at radius 2 is 1.81 bits per heavy atom. The van der Waals surface area contributed by atoms with Gasteiger partial charge in [0.25, 0.3) is 0 Å². The third-order valence-electron chi connectivity index (χ3n) is 4.80. The lowest BCUT2D eigenvalue weighted by Gasteiger charge is -2.21. The van der Waals surface area contributed by atoms with Crippen molar-refractivity contribution in [3.05, 3.63) is 18.0 Å². The van der Waals surface area contributed by atoms with Gasteiger partial charge in [-0.3, -0.25) is 4.79 Å². The number of hydrogen-bond donors (Lipinski definition) is 2. The van der Waals surface area contributed by atoms with Crippen LogP contribution in [0.5, 0.6) is 0 Å². The number of nitrogens with one attached hydrogen (secondary N) is 2. The van der Waals surface area contributed by atoms with Gasteiger partial charge in [-0.2, -0.15) is 0 Å². The van der Waals surface area contributed by atoms with Crippen molar-refractivity contribution in [1.82, 2.24) is 14.6 Å². The highest BCUT2D eigenvalue weighted by atomic mass is 32.2. The van der Waals surface area contributed by atoms with Gasteiger partial charge in [0.1, 0.15) is 10.6 Å². The fraction of sp³-hybridized carbons (Fsp3) is 0.667. The van der Waals surface area contributed by atoms with E-state index in [9.17, 15) is 18.0 Å². The Kier molecular flexibility index (Phi) is 7.85. The molecule has 1 aliphatic carbocycles. The SMILES string of the molecule is COC(=O)c1cc(S(=O)(=O)NCCC(=O)NC2CCCCCCC2)cn1C. The third kappa shape index (κ3) is 6.35. The average Bonchev–Trinajstić information content (AvgIpc) is 2.99. The van der Waals surface area contributed by atoms with Crippen LogP contribution in [0.2, 0.25) is 0 Å². The van der Waals surface area contributed by atoms with Crippen LogP contribution in [-0.2, 0) is 26.6 Å². The summed E-state index contributed by atoms with van der Waals surface area (Å²) in [6.07, 6.45) is 9.29. The van der Waals surface area contributed by atoms with E-state index < -0.39 is 16.0 Å². The molecule has 0 atom stereocenters. The maximum absolute atomic E-state index is 12.4. The van der Waals surface area contributed by atoms with E-state index in [1.54, 1.807) is 7.05 Å². The van der Waals surface area contributed by atoms with Gasteiger partial charge in [-0.05, 0) is 18.9 Å². The van der Waals surface area contributed by atoms with E-state index in [-0.39, 0.29) is 35.5 Å². The lowest BCUT2D eigenvalue weighted by Crippen LogP contribution is -2.37. The maximum atomic E-state index is 12.4. The van der Waals surface area contributed by atoms with Crippen LogP contribution >= 0.6 is 0 Å². The number of carbonyl (C=O) groups excluding carboxylic acids is 2. The largest absolute Gasteiger partial charge is 0.464 e. The Morgan fingerprint density at radius 3 is 2.44 bits per heavy atom. The van der Waals surface area contributed by atoms with Crippen LogP contribution < -0.4 is 10.0 Å². The normalized spacial score (nSPS) is 16.4. The molecule has 0 spiro atoms. The Morgan fingerprint density at radius 1 is 1.19 bits per heavy atom. The van der Waals surface area contributed by atoms with Crippen molar-refractivity contribution in [2.75, 3.05) is 13.7 Å². The lowest BCUT2D eigenvalue weighted by atomic mass is 9.96. The Labute approximate surface area is 160 Å². The van der Waals surface area contributed by atoms with Crippen molar-refractivity contribution in [3.8, 4) is 0 Å². The number of ether oxygens (including phenoxy) is 1. The zero-order valence-electron chi connectivity index (χ0n) is 16.0. The summed E-state index contributed by atoms with van der Waals surface area (Å²) in [5, 5.41) is 3.01. The van der Waals surface area contributed by atoms with Gasteiger partial charge in [0.05, 0.1) is 7.11 Å². The summed E-state index contributed by atoms with van der Waals surface area (Å²) in [5.41, 5.74) is 0.139. The number of aryl methyl sites for hydroxylation is 1. The number of rotatable bonds is 7. The number of nitrogens with zero attached hydrogens (tertiary/aromatic N) is 1. The quantitative estimate of drug-likeness (QED) is 0.679. The van der Waals surface area contributed by atoms with Crippen molar-refractivity contribution in [2.45, 2.75) is 62.3 Å². The minimum atomic E-state index is -3.80. The molecule has 2 rings (SSSR count). The van der Waals surface area contributed by atoms with Gasteiger partial charge in [-0.1, -0.05) is 32.1 Å². The van der Waals surface area contributed by atoms with Crippen LogP contribution in [0.4, 0.5) is 0 Å². The summed E-state index contributed by atoms with van der Waals surface area (Å²) in [4.78, 5) is 23.7. The number of carbonyl (C=O) groups is 2. The van der Waals surface area contributed by atoms with Gasteiger partial charge in [-0.15, -0.1) is 0 Å². The summed E-state index contributed by atoms with van der Waals surface area (Å²) < 4.78 is 33.1. The molecular weight excluding hydrogens is 370 g/mol. The molecule has 9 heteroatoms. The molecule has 1 amide bonds. The van der Waals surface area contributed by atoms with Gasteiger partial charge in [0.15, 0.2) is 0 Å². The van der Waals surface area contributed by atoms with Gasteiger partial charge in [0.2, 0.25) is 15.9 Å². The van der Waals surface area contributed by atoms with Gasteiger partial charge in [0, 0.05) is 32.3 Å². The van der Waals surface area contributed by atoms with Gasteiger partial charge in [-0.25, -0.2) is 17.9 Å². The highest BCUT2D eigenvalue weighted by Gasteiger charge is 2.21. The van der Waals surface area contributed by atoms with Crippen molar-refractivity contribution in [2.24, 2.45) is 7.05 Å². The average molecular weight is 400 g/mol. The van der Waals surface area contributed by atoms with Crippen LogP contribution in [0.15, 0.2) is 17.2 Å². The van der Waals surface area contributed by atoms with Crippen LogP contribution in [0.1, 0.15) is 61.9 Å². The standard InChI is InChI=1S/C18H29N3O5S/c1-21-13-15(12-16(21)18(23)26-2)27(24,25)19-11-10-17(22)20-14-8-6-4-3-5-7-9-14/h12-14,19H,3-11H2,1-2H3,(H,20,22). The second-order valence-corrected chi connectivity index (χ2v) is 8.69. The second-order valence-electron chi connectivity index (χ2n) is 6.92. The Hall–Kier alpha value is -1.87. The number of amides is 1. The number of hydrogen-bond acceptors (Lipinski definition) is 5. The first-order chi connectivity index (χ1) is 12.8. The molecule has 27 heavy (non-hydrogen) atoms. The van der Waals surface area contributed by atoms with E-state index in [0.717, 1.165) is 25.7 Å². The highest BCUT2D eigenvalue weighted by molar-refractivity contribution is 7.89. The first-order valence-corrected chi connectivity index (χ1v) is 10.9. The Bertz CT molecular complexity index is 749. The monoisotopic (exact) mass is 399 g/mol. The maximum Gasteiger partial charge on any atom is 0.354 e. The number of esters is 1. The topological polar surface area (TPSA) is 106 Å². The van der Waals surface area contributed by atoms with E-state index >= 15 is 0 Å². The molecule has 2 N–H and O–H groups in total. The van der Waals surface area contributed by atoms with Gasteiger partial charge >= 0.3 is 5.97 Å². The zero-order chi connectivity index (χ0) is 19.9. The molecule has 0 unspecified atom stereocenters. The predicted molar refractivity (Wildman–Crippen MR) is 101 cm³/mol. The van der Waals surface area contributed by atoms with E-state index in [2.05, 4.69) is 14.8 Å².